The number of rotatable bonds is 9. The van der Waals surface area contributed by atoms with Gasteiger partial charge >= 0.3 is 6.09 Å². The minimum Gasteiger partial charge on any atom is -1.00 e. The largest absolute Gasteiger partial charge is 1.00 e. The van der Waals surface area contributed by atoms with Gasteiger partial charge in [-0.2, -0.15) is 0 Å². The van der Waals surface area contributed by atoms with Gasteiger partial charge in [0.25, 0.3) is 0 Å². The number of anilines is 2. The van der Waals surface area contributed by atoms with E-state index in [0.717, 1.165) is 45.9 Å². The maximum atomic E-state index is 13.2. The van der Waals surface area contributed by atoms with Crippen LogP contribution >= 0.6 is 0 Å². The summed E-state index contributed by atoms with van der Waals surface area (Å²) in [5, 5.41) is 5.97. The van der Waals surface area contributed by atoms with Gasteiger partial charge in [0.2, 0.25) is 5.91 Å². The van der Waals surface area contributed by atoms with Crippen LogP contribution in [0.5, 0.6) is 0 Å². The number of piperidine rings is 1. The number of hydrogen-bond donors (Lipinski definition) is 2. The summed E-state index contributed by atoms with van der Waals surface area (Å²) in [5.41, 5.74) is 5.78. The average Bonchev–Trinajstić information content (AvgIpc) is 3.73. The minimum absolute atomic E-state index is 0. The van der Waals surface area contributed by atoms with Gasteiger partial charge in [0.1, 0.15) is 36.7 Å². The Balaban J connectivity index is 0.00000368. The highest BCUT2D eigenvalue weighted by atomic mass is 127. The molecule has 5 atom stereocenters. The van der Waals surface area contributed by atoms with Crippen LogP contribution in [0.1, 0.15) is 47.2 Å². The number of aryl methyl sites for hydroxylation is 2. The number of quaternary nitrogens is 1. The molecule has 3 aromatic carbocycles. The molecule has 9 heteroatoms. The van der Waals surface area contributed by atoms with Crippen LogP contribution in [0.4, 0.5) is 16.2 Å². The predicted molar refractivity (Wildman–Crippen MR) is 161 cm³/mol. The Labute approximate surface area is 269 Å². The van der Waals surface area contributed by atoms with Crippen LogP contribution in [0, 0.1) is 6.92 Å². The molecule has 2 N–H and O–H groups in total. The molecule has 43 heavy (non-hydrogen) atoms. The lowest BCUT2D eigenvalue weighted by molar-refractivity contribution is -0.938. The zero-order valence-electron chi connectivity index (χ0n) is 24.7. The van der Waals surface area contributed by atoms with Gasteiger partial charge in [-0.1, -0.05) is 42.5 Å². The number of nitrogens with one attached hydrogen (secondary N) is 2. The van der Waals surface area contributed by atoms with Gasteiger partial charge in [-0.15, -0.1) is 0 Å². The van der Waals surface area contributed by atoms with E-state index in [1.165, 1.54) is 0 Å². The van der Waals surface area contributed by atoms with E-state index in [1.54, 1.807) is 18.2 Å². The molecule has 3 aliphatic rings. The van der Waals surface area contributed by atoms with Gasteiger partial charge in [0.15, 0.2) is 0 Å². The number of hydrogen-bond acceptors (Lipinski definition) is 5. The van der Waals surface area contributed by atoms with Crippen LogP contribution in [-0.4, -0.2) is 67.3 Å². The second-order valence-electron chi connectivity index (χ2n) is 12.3. The zero-order chi connectivity index (χ0) is 29.4. The quantitative estimate of drug-likeness (QED) is 0.156. The molecule has 3 aromatic rings. The summed E-state index contributed by atoms with van der Waals surface area (Å²) in [5.74, 6) is -0.0777. The number of epoxide rings is 1. The number of halogens is 1. The van der Waals surface area contributed by atoms with Crippen molar-refractivity contribution in [3.8, 4) is 11.1 Å². The third-order valence-corrected chi connectivity index (χ3v) is 9.25. The molecule has 0 saturated carbocycles. The van der Waals surface area contributed by atoms with E-state index >= 15 is 0 Å². The zero-order valence-corrected chi connectivity index (χ0v) is 26.9. The molecule has 3 aliphatic heterocycles. The molecule has 0 aliphatic carbocycles. The summed E-state index contributed by atoms with van der Waals surface area (Å²) in [4.78, 5) is 36.7. The summed E-state index contributed by atoms with van der Waals surface area (Å²) in [7, 11) is 4.52. The van der Waals surface area contributed by atoms with Gasteiger partial charge in [-0.25, -0.2) is 4.79 Å². The standard InChI is InChI=1S/C34H37N3O5.HI/c1-21-16-23(20-38)13-15-27(21)35-31(39)11-7-8-22-12-14-26(24-9-5-4-6-10-24)28(17-22)36-34(40)41-25-18-29-32-33(42-32)30(19-25)37(29,2)3;/h4-6,9-10,12-17,20,25,29-30,32-33H,7-8,11,18-19H2,1-3H3,(H-,35,36,38,39,40);1H/t25?,29-,30+,32-,33+;. The third-order valence-electron chi connectivity index (χ3n) is 9.25. The smallest absolute Gasteiger partial charge is 0.411 e. The van der Waals surface area contributed by atoms with Crippen molar-refractivity contribution >= 4 is 29.7 Å². The molecule has 3 saturated heterocycles. The molecule has 3 fully saturated rings. The molecular formula is C34H38IN3O5. The van der Waals surface area contributed by atoms with E-state index in [2.05, 4.69) is 24.7 Å². The average molecular weight is 696 g/mol. The number of likely N-dealkylation sites (N-methyl/N-ethyl adjacent to an activating group) is 1. The maximum absolute atomic E-state index is 13.2. The summed E-state index contributed by atoms with van der Waals surface area (Å²) < 4.78 is 12.8. The lowest BCUT2D eigenvalue weighted by Gasteiger charge is -2.45. The van der Waals surface area contributed by atoms with Crippen molar-refractivity contribution in [3.05, 3.63) is 83.4 Å². The number of nitrogens with zero attached hydrogens (tertiary/aromatic N) is 1. The summed E-state index contributed by atoms with van der Waals surface area (Å²) in [6, 6.07) is 21.9. The molecule has 2 amide bonds. The Kier molecular flexibility index (Phi) is 9.24. The first-order chi connectivity index (χ1) is 20.2. The molecule has 2 bridgehead atoms. The lowest BCUT2D eigenvalue weighted by atomic mass is 9.96. The Morgan fingerprint density at radius 1 is 0.953 bits per heavy atom. The van der Waals surface area contributed by atoms with E-state index in [4.69, 9.17) is 9.47 Å². The Hall–Kier alpha value is -3.28. The Morgan fingerprint density at radius 3 is 2.35 bits per heavy atom. The van der Waals surface area contributed by atoms with E-state index in [0.29, 0.717) is 60.5 Å². The maximum Gasteiger partial charge on any atom is 0.411 e. The van der Waals surface area contributed by atoms with Crippen LogP contribution in [0.2, 0.25) is 0 Å². The fourth-order valence-electron chi connectivity index (χ4n) is 6.88. The van der Waals surface area contributed by atoms with Crippen LogP contribution in [0.3, 0.4) is 0 Å². The number of amides is 2. The van der Waals surface area contributed by atoms with Crippen molar-refractivity contribution in [1.29, 1.82) is 0 Å². The number of fused-ring (bicyclic) bond motifs is 5. The number of carbonyl (C=O) groups excluding carboxylic acids is 3. The van der Waals surface area contributed by atoms with Crippen LogP contribution in [0.15, 0.2) is 66.7 Å². The van der Waals surface area contributed by atoms with Gasteiger partial charge in [-0.3, -0.25) is 14.9 Å². The molecule has 0 aromatic heterocycles. The van der Waals surface area contributed by atoms with Gasteiger partial charge in [0, 0.05) is 36.1 Å². The molecular weight excluding hydrogens is 657 g/mol. The number of morpholine rings is 1. The minimum atomic E-state index is -0.439. The van der Waals surface area contributed by atoms with E-state index < -0.39 is 6.09 Å². The van der Waals surface area contributed by atoms with Gasteiger partial charge < -0.3 is 43.3 Å². The lowest BCUT2D eigenvalue weighted by Crippen LogP contribution is -3.00. The fourth-order valence-corrected chi connectivity index (χ4v) is 6.88. The molecule has 0 radical (unpaired) electrons. The molecule has 6 rings (SSSR count). The number of benzene rings is 3. The highest BCUT2D eigenvalue weighted by Crippen LogP contribution is 2.51. The normalized spacial score (nSPS) is 24.2. The first kappa shape index (κ1) is 31.2. The highest BCUT2D eigenvalue weighted by molar-refractivity contribution is 5.93. The second kappa shape index (κ2) is 12.8. The Bertz CT molecular complexity index is 1490. The summed E-state index contributed by atoms with van der Waals surface area (Å²) >= 11 is 0. The number of ether oxygens (including phenoxy) is 2. The topological polar surface area (TPSA) is 97.0 Å². The fraction of sp³-hybridized carbons (Fsp3) is 0.382. The van der Waals surface area contributed by atoms with E-state index in [1.807, 2.05) is 55.5 Å². The van der Waals surface area contributed by atoms with Crippen LogP contribution in [0.25, 0.3) is 11.1 Å². The van der Waals surface area contributed by atoms with Gasteiger partial charge in [-0.05, 0) is 60.7 Å². The van der Waals surface area contributed by atoms with E-state index in [9.17, 15) is 14.4 Å². The second-order valence-corrected chi connectivity index (χ2v) is 12.3. The SMILES string of the molecule is Cc1cc(C=O)ccc1NC(=O)CCCc1ccc(-c2ccccc2)c(NC(=O)OC2C[C@@H]3[C@H]4O[C@H]4[C@H](C2)[N+]3(C)C)c1.[I-]. The number of carbonyl (C=O) groups is 3. The van der Waals surface area contributed by atoms with E-state index in [-0.39, 0.29) is 36.0 Å². The van der Waals surface area contributed by atoms with Crippen LogP contribution < -0.4 is 34.6 Å². The number of aldehydes is 1. The van der Waals surface area contributed by atoms with Crippen molar-refractivity contribution in [2.45, 2.75) is 69.4 Å². The predicted octanol–water partition coefficient (Wildman–Crippen LogP) is 2.75. The molecule has 3 heterocycles. The first-order valence-electron chi connectivity index (χ1n) is 14.7. The van der Waals surface area contributed by atoms with Crippen molar-refractivity contribution in [2.24, 2.45) is 0 Å². The molecule has 8 nitrogen and oxygen atoms in total. The third kappa shape index (κ3) is 6.63. The van der Waals surface area contributed by atoms with Crippen molar-refractivity contribution in [3.63, 3.8) is 0 Å². The molecule has 0 spiro atoms. The highest BCUT2D eigenvalue weighted by Gasteiger charge is 2.70. The Morgan fingerprint density at radius 2 is 1.67 bits per heavy atom. The monoisotopic (exact) mass is 695 g/mol. The van der Waals surface area contributed by atoms with Crippen molar-refractivity contribution in [2.75, 3.05) is 24.7 Å². The van der Waals surface area contributed by atoms with Crippen LogP contribution in [-0.2, 0) is 20.7 Å². The summed E-state index contributed by atoms with van der Waals surface area (Å²) in [6.07, 6.45) is 4.14. The molecule has 226 valence electrons. The molecule has 1 unspecified atom stereocenters. The van der Waals surface area contributed by atoms with Crippen molar-refractivity contribution in [1.82, 2.24) is 0 Å². The van der Waals surface area contributed by atoms with Crippen molar-refractivity contribution < 1.29 is 52.3 Å². The van der Waals surface area contributed by atoms with Gasteiger partial charge in [0.05, 0.1) is 19.8 Å². The summed E-state index contributed by atoms with van der Waals surface area (Å²) in [6.45, 7) is 1.87. The first-order valence-corrected chi connectivity index (χ1v) is 14.7.